The number of aliphatic hydroxyl groups is 5. The van der Waals surface area contributed by atoms with Gasteiger partial charge in [-0.3, -0.25) is 4.79 Å². The van der Waals surface area contributed by atoms with Gasteiger partial charge in [-0.05, 0) is 19.4 Å². The van der Waals surface area contributed by atoms with E-state index in [1.807, 2.05) is 0 Å². The topological polar surface area (TPSA) is 118 Å². The fraction of sp³-hybridized carbons (Fsp3) is 0.667. The van der Waals surface area contributed by atoms with E-state index in [9.17, 15) is 20.1 Å². The van der Waals surface area contributed by atoms with Crippen molar-refractivity contribution in [1.29, 1.82) is 0 Å². The first-order valence-electron chi connectivity index (χ1n) is 4.38. The van der Waals surface area contributed by atoms with E-state index >= 15 is 0 Å². The van der Waals surface area contributed by atoms with Crippen LogP contribution in [0.15, 0.2) is 11.3 Å². The van der Waals surface area contributed by atoms with Crippen molar-refractivity contribution in [2.75, 3.05) is 6.61 Å². The Labute approximate surface area is 87.1 Å². The van der Waals surface area contributed by atoms with Gasteiger partial charge in [0.1, 0.15) is 18.3 Å². The third kappa shape index (κ3) is 3.60. The van der Waals surface area contributed by atoms with Crippen molar-refractivity contribution >= 4 is 5.78 Å². The number of aliphatic hydroxyl groups excluding tert-OH is 5. The molecule has 0 aromatic heterocycles. The molecule has 0 saturated heterocycles. The number of carbonyl (C=O) groups is 1. The summed E-state index contributed by atoms with van der Waals surface area (Å²) in [6, 6.07) is 0. The van der Waals surface area contributed by atoms with E-state index in [1.54, 1.807) is 0 Å². The van der Waals surface area contributed by atoms with Gasteiger partial charge in [-0.25, -0.2) is 0 Å². The van der Waals surface area contributed by atoms with Crippen LogP contribution in [0.25, 0.3) is 0 Å². The minimum absolute atomic E-state index is 0.282. The first-order chi connectivity index (χ1) is 6.82. The Morgan fingerprint density at radius 2 is 1.67 bits per heavy atom. The monoisotopic (exact) mass is 220 g/mol. The summed E-state index contributed by atoms with van der Waals surface area (Å²) in [5.41, 5.74) is 0.282. The molecule has 0 rings (SSSR count). The molecule has 0 spiro atoms. The van der Waals surface area contributed by atoms with Crippen molar-refractivity contribution < 1.29 is 30.3 Å². The quantitative estimate of drug-likeness (QED) is 0.284. The molecule has 0 unspecified atom stereocenters. The lowest BCUT2D eigenvalue weighted by Gasteiger charge is -2.20. The fourth-order valence-electron chi connectivity index (χ4n) is 0.860. The number of ketones is 1. The largest absolute Gasteiger partial charge is 0.504 e. The van der Waals surface area contributed by atoms with E-state index in [-0.39, 0.29) is 5.57 Å². The average molecular weight is 220 g/mol. The van der Waals surface area contributed by atoms with Gasteiger partial charge in [0.25, 0.3) is 0 Å². The smallest absolute Gasteiger partial charge is 0.228 e. The highest BCUT2D eigenvalue weighted by Gasteiger charge is 2.31. The molecule has 15 heavy (non-hydrogen) atoms. The summed E-state index contributed by atoms with van der Waals surface area (Å²) in [6.07, 6.45) is -5.42. The van der Waals surface area contributed by atoms with Crippen molar-refractivity contribution in [3.05, 3.63) is 11.3 Å². The number of rotatable bonds is 5. The minimum atomic E-state index is -1.96. The molecule has 6 heteroatoms. The molecule has 0 aromatic rings. The molecule has 0 aliphatic heterocycles. The highest BCUT2D eigenvalue weighted by atomic mass is 16.4. The van der Waals surface area contributed by atoms with Crippen LogP contribution in [0.3, 0.4) is 0 Å². The number of Topliss-reactive ketones (excluding diaryl/α,β-unsaturated/α-hetero) is 1. The first kappa shape index (κ1) is 14.1. The SMILES string of the molecule is CC(C)=C(O)C(=O)[C@@H](O)[C@H](O)[C@@H](O)CO. The summed E-state index contributed by atoms with van der Waals surface area (Å²) in [5, 5.41) is 45.0. The van der Waals surface area contributed by atoms with Crippen molar-refractivity contribution in [2.45, 2.75) is 32.2 Å². The van der Waals surface area contributed by atoms with Gasteiger partial charge < -0.3 is 25.5 Å². The fourth-order valence-corrected chi connectivity index (χ4v) is 0.860. The second-order valence-electron chi connectivity index (χ2n) is 3.40. The molecule has 0 aliphatic rings. The zero-order valence-electron chi connectivity index (χ0n) is 8.58. The second-order valence-corrected chi connectivity index (χ2v) is 3.40. The summed E-state index contributed by atoms with van der Waals surface area (Å²) in [6.45, 7) is 2.12. The van der Waals surface area contributed by atoms with E-state index in [0.717, 1.165) is 0 Å². The lowest BCUT2D eigenvalue weighted by Crippen LogP contribution is -2.44. The molecule has 88 valence electrons. The molecule has 6 nitrogen and oxygen atoms in total. The van der Waals surface area contributed by atoms with Crippen LogP contribution in [-0.4, -0.2) is 56.2 Å². The zero-order valence-corrected chi connectivity index (χ0v) is 8.58. The third-order valence-corrected chi connectivity index (χ3v) is 1.88. The Bertz CT molecular complexity index is 255. The molecule has 5 N–H and O–H groups in total. The summed E-state index contributed by atoms with van der Waals surface area (Å²) >= 11 is 0. The van der Waals surface area contributed by atoms with Crippen LogP contribution in [-0.2, 0) is 4.79 Å². The first-order valence-corrected chi connectivity index (χ1v) is 4.38. The Morgan fingerprint density at radius 3 is 2.00 bits per heavy atom. The van der Waals surface area contributed by atoms with Gasteiger partial charge in [0.2, 0.25) is 5.78 Å². The number of allylic oxidation sites excluding steroid dienone is 1. The van der Waals surface area contributed by atoms with Crippen LogP contribution >= 0.6 is 0 Å². The molecular formula is C9H16O6. The predicted octanol–water partition coefficient (Wildman–Crippen LogP) is -1.52. The van der Waals surface area contributed by atoms with Gasteiger partial charge in [0.05, 0.1) is 6.61 Å². The van der Waals surface area contributed by atoms with E-state index < -0.39 is 36.5 Å². The molecule has 0 aromatic carbocycles. The van der Waals surface area contributed by atoms with Crippen molar-refractivity contribution in [2.24, 2.45) is 0 Å². The van der Waals surface area contributed by atoms with Crippen molar-refractivity contribution in [3.63, 3.8) is 0 Å². The number of carbonyl (C=O) groups excluding carboxylic acids is 1. The van der Waals surface area contributed by atoms with Gasteiger partial charge in [0, 0.05) is 0 Å². The highest BCUT2D eigenvalue weighted by molar-refractivity contribution is 5.97. The summed E-state index contributed by atoms with van der Waals surface area (Å²) in [7, 11) is 0. The van der Waals surface area contributed by atoms with Gasteiger partial charge in [-0.2, -0.15) is 0 Å². The van der Waals surface area contributed by atoms with Crippen LogP contribution in [0, 0.1) is 0 Å². The van der Waals surface area contributed by atoms with Crippen molar-refractivity contribution in [3.8, 4) is 0 Å². The van der Waals surface area contributed by atoms with Crippen LogP contribution < -0.4 is 0 Å². The van der Waals surface area contributed by atoms with Crippen LogP contribution in [0.1, 0.15) is 13.8 Å². The number of hydrogen-bond donors (Lipinski definition) is 5. The summed E-state index contributed by atoms with van der Waals surface area (Å²) in [4.78, 5) is 11.2. The summed E-state index contributed by atoms with van der Waals surface area (Å²) < 4.78 is 0. The maximum absolute atomic E-state index is 11.2. The Kier molecular flexibility index (Phi) is 5.45. The van der Waals surface area contributed by atoms with Gasteiger partial charge in [0.15, 0.2) is 5.76 Å². The average Bonchev–Trinajstić information content (AvgIpc) is 2.23. The minimum Gasteiger partial charge on any atom is -0.504 e. The van der Waals surface area contributed by atoms with E-state index in [2.05, 4.69) is 0 Å². The molecule has 0 bridgehead atoms. The third-order valence-electron chi connectivity index (χ3n) is 1.88. The lowest BCUT2D eigenvalue weighted by atomic mass is 10.0. The van der Waals surface area contributed by atoms with Gasteiger partial charge in [-0.15, -0.1) is 0 Å². The summed E-state index contributed by atoms with van der Waals surface area (Å²) in [5.74, 6) is -1.75. The molecule has 0 saturated carbocycles. The second kappa shape index (κ2) is 5.82. The maximum atomic E-state index is 11.2. The predicted molar refractivity (Wildman–Crippen MR) is 51.1 cm³/mol. The Hall–Kier alpha value is -0.950. The van der Waals surface area contributed by atoms with Crippen LogP contribution in [0.4, 0.5) is 0 Å². The molecule has 0 aliphatic carbocycles. The van der Waals surface area contributed by atoms with Gasteiger partial charge in [-0.1, -0.05) is 0 Å². The van der Waals surface area contributed by atoms with Crippen LogP contribution in [0.2, 0.25) is 0 Å². The standard InChI is InChI=1S/C9H16O6/c1-4(2)6(12)8(14)9(15)7(13)5(11)3-10/h5,7,9-13,15H,3H2,1-2H3/t5-,7+,9-/m0/s1. The van der Waals surface area contributed by atoms with E-state index in [4.69, 9.17) is 10.2 Å². The number of hydrogen-bond acceptors (Lipinski definition) is 6. The molecule has 0 amide bonds. The van der Waals surface area contributed by atoms with Gasteiger partial charge >= 0.3 is 0 Å². The Balaban J connectivity index is 4.66. The highest BCUT2D eigenvalue weighted by Crippen LogP contribution is 2.08. The molecule has 0 fully saturated rings. The van der Waals surface area contributed by atoms with Crippen molar-refractivity contribution in [1.82, 2.24) is 0 Å². The Morgan fingerprint density at radius 1 is 1.20 bits per heavy atom. The van der Waals surface area contributed by atoms with Crippen LogP contribution in [0.5, 0.6) is 0 Å². The molecule has 0 heterocycles. The zero-order chi connectivity index (χ0) is 12.2. The molecule has 3 atom stereocenters. The normalized spacial score (nSPS) is 16.7. The van der Waals surface area contributed by atoms with E-state index in [0.29, 0.717) is 0 Å². The molecule has 0 radical (unpaired) electrons. The maximum Gasteiger partial charge on any atom is 0.228 e. The molecular weight excluding hydrogens is 204 g/mol. The lowest BCUT2D eigenvalue weighted by molar-refractivity contribution is -0.138. The van der Waals surface area contributed by atoms with E-state index in [1.165, 1.54) is 13.8 Å².